The quantitative estimate of drug-likeness (QED) is 0.779. The number of carbonyl (C=O) groups excluding carboxylic acids is 2. The summed E-state index contributed by atoms with van der Waals surface area (Å²) in [5.74, 6) is -1.17. The largest absolute Gasteiger partial charge is 0.416 e. The van der Waals surface area contributed by atoms with Gasteiger partial charge in [-0.05, 0) is 18.2 Å². The van der Waals surface area contributed by atoms with Gasteiger partial charge in [0.1, 0.15) is 0 Å². The molecule has 0 bridgehead atoms. The summed E-state index contributed by atoms with van der Waals surface area (Å²) in [5, 5.41) is 4.44. The van der Waals surface area contributed by atoms with Gasteiger partial charge in [0.05, 0.1) is 18.7 Å². The van der Waals surface area contributed by atoms with Crippen molar-refractivity contribution in [2.75, 3.05) is 18.4 Å². The number of carbonyl (C=O) groups is 2. The Morgan fingerprint density at radius 1 is 1.20 bits per heavy atom. The van der Waals surface area contributed by atoms with Crippen LogP contribution in [0.4, 0.5) is 18.9 Å². The Bertz CT molecular complexity index is 480. The van der Waals surface area contributed by atoms with Crippen molar-refractivity contribution in [3.8, 4) is 0 Å². The van der Waals surface area contributed by atoms with Gasteiger partial charge >= 0.3 is 6.18 Å². The van der Waals surface area contributed by atoms with E-state index in [1.54, 1.807) is 0 Å². The van der Waals surface area contributed by atoms with Crippen molar-refractivity contribution in [3.63, 3.8) is 0 Å². The maximum absolute atomic E-state index is 12.4. The van der Waals surface area contributed by atoms with E-state index in [9.17, 15) is 22.8 Å². The molecule has 0 atom stereocenters. The van der Waals surface area contributed by atoms with Gasteiger partial charge < -0.3 is 16.4 Å². The molecule has 0 unspecified atom stereocenters. The molecular formula is C11H13ClF3N3O2. The first kappa shape index (κ1) is 18.2. The lowest BCUT2D eigenvalue weighted by atomic mass is 10.2. The molecule has 20 heavy (non-hydrogen) atoms. The van der Waals surface area contributed by atoms with Crippen molar-refractivity contribution < 1.29 is 22.8 Å². The molecule has 0 spiro atoms. The minimum Gasteiger partial charge on any atom is -0.346 e. The van der Waals surface area contributed by atoms with Gasteiger partial charge in [0, 0.05) is 5.69 Å². The summed E-state index contributed by atoms with van der Waals surface area (Å²) in [5.41, 5.74) is 4.15. The van der Waals surface area contributed by atoms with E-state index in [1.165, 1.54) is 12.1 Å². The molecule has 1 rings (SSSR count). The number of rotatable bonds is 4. The van der Waals surface area contributed by atoms with Crippen LogP contribution in [0.25, 0.3) is 0 Å². The first-order valence-corrected chi connectivity index (χ1v) is 5.27. The van der Waals surface area contributed by atoms with Gasteiger partial charge in [-0.3, -0.25) is 9.59 Å². The molecule has 0 saturated heterocycles. The van der Waals surface area contributed by atoms with Gasteiger partial charge in [0.25, 0.3) is 0 Å². The molecule has 0 aliphatic carbocycles. The fourth-order valence-electron chi connectivity index (χ4n) is 1.23. The molecule has 0 aliphatic rings. The Kier molecular flexibility index (Phi) is 7.01. The Morgan fingerprint density at radius 3 is 2.40 bits per heavy atom. The molecule has 0 saturated carbocycles. The molecule has 4 N–H and O–H groups in total. The summed E-state index contributed by atoms with van der Waals surface area (Å²) in [6.45, 7) is -0.622. The Labute approximate surface area is 119 Å². The highest BCUT2D eigenvalue weighted by molar-refractivity contribution is 5.94. The molecule has 112 valence electrons. The molecule has 9 heteroatoms. The summed E-state index contributed by atoms with van der Waals surface area (Å²) in [6.07, 6.45) is -4.48. The van der Waals surface area contributed by atoms with Gasteiger partial charge in [-0.25, -0.2) is 0 Å². The second-order valence-electron chi connectivity index (χ2n) is 3.61. The van der Waals surface area contributed by atoms with Gasteiger partial charge in [-0.2, -0.15) is 13.2 Å². The molecule has 2 amide bonds. The molecule has 1 aromatic carbocycles. The van der Waals surface area contributed by atoms with Gasteiger partial charge in [-0.15, -0.1) is 12.4 Å². The highest BCUT2D eigenvalue weighted by Gasteiger charge is 2.30. The molecule has 0 aliphatic heterocycles. The molecule has 0 heterocycles. The van der Waals surface area contributed by atoms with E-state index in [1.807, 2.05) is 0 Å². The Hall–Kier alpha value is -1.80. The smallest absolute Gasteiger partial charge is 0.346 e. The van der Waals surface area contributed by atoms with Crippen molar-refractivity contribution in [1.29, 1.82) is 0 Å². The minimum atomic E-state index is -4.48. The zero-order valence-electron chi connectivity index (χ0n) is 10.2. The number of nitrogens with two attached hydrogens (primary N) is 1. The lowest BCUT2D eigenvalue weighted by Gasteiger charge is -2.10. The van der Waals surface area contributed by atoms with Crippen LogP contribution in [0.1, 0.15) is 5.56 Å². The maximum atomic E-state index is 12.4. The number of hydrogen-bond acceptors (Lipinski definition) is 3. The van der Waals surface area contributed by atoms with Crippen molar-refractivity contribution >= 4 is 29.9 Å². The summed E-state index contributed by atoms with van der Waals surface area (Å²) < 4.78 is 37.3. The highest BCUT2D eigenvalue weighted by Crippen LogP contribution is 2.30. The average Bonchev–Trinajstić information content (AvgIpc) is 2.35. The van der Waals surface area contributed by atoms with Crippen molar-refractivity contribution in [2.45, 2.75) is 6.18 Å². The molecule has 0 fully saturated rings. The topological polar surface area (TPSA) is 84.2 Å². The van der Waals surface area contributed by atoms with Crippen LogP contribution in [0.5, 0.6) is 0 Å². The summed E-state index contributed by atoms with van der Waals surface area (Å²) in [6, 6.07) is 4.20. The fraction of sp³-hybridized carbons (Fsp3) is 0.273. The van der Waals surface area contributed by atoms with Crippen LogP contribution in [0.15, 0.2) is 24.3 Å². The number of nitrogens with one attached hydrogen (secondary N) is 2. The predicted molar refractivity (Wildman–Crippen MR) is 69.4 cm³/mol. The Morgan fingerprint density at radius 2 is 1.85 bits per heavy atom. The second kappa shape index (κ2) is 7.71. The third-order valence-corrected chi connectivity index (χ3v) is 2.11. The van der Waals surface area contributed by atoms with Crippen LogP contribution in [0.3, 0.4) is 0 Å². The number of alkyl halides is 3. The van der Waals surface area contributed by atoms with E-state index in [-0.39, 0.29) is 31.2 Å². The van der Waals surface area contributed by atoms with E-state index in [2.05, 4.69) is 10.6 Å². The highest BCUT2D eigenvalue weighted by atomic mass is 35.5. The Balaban J connectivity index is 0.00000361. The third-order valence-electron chi connectivity index (χ3n) is 2.11. The second-order valence-corrected chi connectivity index (χ2v) is 3.61. The van der Waals surface area contributed by atoms with Gasteiger partial charge in [-0.1, -0.05) is 6.07 Å². The maximum Gasteiger partial charge on any atom is 0.416 e. The number of hydrogen-bond donors (Lipinski definition) is 3. The minimum absolute atomic E-state index is 0. The third kappa shape index (κ3) is 5.89. The lowest BCUT2D eigenvalue weighted by Crippen LogP contribution is -2.36. The number of halogens is 4. The lowest BCUT2D eigenvalue weighted by molar-refractivity contribution is -0.137. The van der Waals surface area contributed by atoms with Gasteiger partial charge in [0.15, 0.2) is 0 Å². The van der Waals surface area contributed by atoms with E-state index in [0.717, 1.165) is 12.1 Å². The molecule has 0 aromatic heterocycles. The number of benzene rings is 1. The molecular weight excluding hydrogens is 299 g/mol. The van der Waals surface area contributed by atoms with Crippen LogP contribution >= 0.6 is 12.4 Å². The summed E-state index contributed by atoms with van der Waals surface area (Å²) in [4.78, 5) is 22.1. The standard InChI is InChI=1S/C11H12F3N3O2.ClH/c12-11(13,14)7-2-1-3-8(4-7)17-10(19)6-16-9(18)5-15;/h1-4H,5-6,15H2,(H,16,18)(H,17,19);1H. The zero-order valence-corrected chi connectivity index (χ0v) is 11.0. The van der Waals surface area contributed by atoms with Crippen molar-refractivity contribution in [3.05, 3.63) is 29.8 Å². The van der Waals surface area contributed by atoms with Crippen LogP contribution in [0.2, 0.25) is 0 Å². The first-order chi connectivity index (χ1) is 8.82. The molecule has 1 aromatic rings. The summed E-state index contributed by atoms with van der Waals surface area (Å²) >= 11 is 0. The number of anilines is 1. The van der Waals surface area contributed by atoms with Crippen molar-refractivity contribution in [2.24, 2.45) is 5.73 Å². The van der Waals surface area contributed by atoms with Crippen LogP contribution in [-0.4, -0.2) is 24.9 Å². The zero-order chi connectivity index (χ0) is 14.5. The first-order valence-electron chi connectivity index (χ1n) is 5.27. The van der Waals surface area contributed by atoms with Crippen LogP contribution in [-0.2, 0) is 15.8 Å². The van der Waals surface area contributed by atoms with E-state index < -0.39 is 23.6 Å². The van der Waals surface area contributed by atoms with E-state index in [0.29, 0.717) is 0 Å². The SMILES string of the molecule is Cl.NCC(=O)NCC(=O)Nc1cccc(C(F)(F)F)c1. The fourth-order valence-corrected chi connectivity index (χ4v) is 1.23. The monoisotopic (exact) mass is 311 g/mol. The van der Waals surface area contributed by atoms with Crippen LogP contribution in [0, 0.1) is 0 Å². The average molecular weight is 312 g/mol. The van der Waals surface area contributed by atoms with E-state index in [4.69, 9.17) is 5.73 Å². The molecule has 5 nitrogen and oxygen atoms in total. The van der Waals surface area contributed by atoms with E-state index >= 15 is 0 Å². The number of amides is 2. The predicted octanol–water partition coefficient (Wildman–Crippen LogP) is 1.14. The normalized spacial score (nSPS) is 10.4. The van der Waals surface area contributed by atoms with Gasteiger partial charge in [0.2, 0.25) is 11.8 Å². The van der Waals surface area contributed by atoms with Crippen molar-refractivity contribution in [1.82, 2.24) is 5.32 Å². The molecule has 0 radical (unpaired) electrons. The van der Waals surface area contributed by atoms with Crippen LogP contribution < -0.4 is 16.4 Å². The summed E-state index contributed by atoms with van der Waals surface area (Å²) in [7, 11) is 0.